The fourth-order valence-electron chi connectivity index (χ4n) is 4.53. The fraction of sp³-hybridized carbons (Fsp3) is 0.375. The molecular weight excluding hydrogens is 439 g/mol. The number of nitrogen functional groups attached to an aromatic ring is 1. The summed E-state index contributed by atoms with van der Waals surface area (Å²) < 4.78 is 23.5. The predicted octanol–water partition coefficient (Wildman–Crippen LogP) is 2.93. The molecule has 0 amide bonds. The van der Waals surface area contributed by atoms with Crippen molar-refractivity contribution in [1.29, 1.82) is 0 Å². The van der Waals surface area contributed by atoms with E-state index >= 15 is 0 Å². The number of hydrogen-bond acceptors (Lipinski definition) is 7. The number of hydrogen-bond donors (Lipinski definition) is 3. The molecule has 1 aromatic carbocycles. The average Bonchev–Trinajstić information content (AvgIpc) is 3.45. The molecule has 10 heteroatoms. The first-order valence-electron chi connectivity index (χ1n) is 11.4. The molecule has 34 heavy (non-hydrogen) atoms. The first kappa shape index (κ1) is 22.3. The van der Waals surface area contributed by atoms with E-state index in [1.54, 1.807) is 41.5 Å². The van der Waals surface area contributed by atoms with Gasteiger partial charge in [0.25, 0.3) is 0 Å². The first-order chi connectivity index (χ1) is 16.5. The van der Waals surface area contributed by atoms with E-state index in [2.05, 4.69) is 10.1 Å². The summed E-state index contributed by atoms with van der Waals surface area (Å²) in [5, 5.41) is 28.9. The van der Waals surface area contributed by atoms with Gasteiger partial charge in [0.1, 0.15) is 11.5 Å². The molecule has 1 unspecified atom stereocenters. The monoisotopic (exact) mass is 466 g/mol. The van der Waals surface area contributed by atoms with E-state index < -0.39 is 6.10 Å². The van der Waals surface area contributed by atoms with Crippen LogP contribution < -0.4 is 10.5 Å². The number of aliphatic hydroxyl groups excluding tert-OH is 2. The minimum atomic E-state index is -0.884. The van der Waals surface area contributed by atoms with Crippen molar-refractivity contribution in [1.82, 2.24) is 24.5 Å². The molecule has 4 aromatic rings. The lowest BCUT2D eigenvalue weighted by Crippen LogP contribution is -2.26. The Morgan fingerprint density at radius 2 is 1.97 bits per heavy atom. The van der Waals surface area contributed by atoms with Crippen LogP contribution >= 0.6 is 0 Å². The van der Waals surface area contributed by atoms with Gasteiger partial charge in [0, 0.05) is 29.4 Å². The summed E-state index contributed by atoms with van der Waals surface area (Å²) in [5.74, 6) is 0.362. The zero-order chi connectivity index (χ0) is 23.7. The van der Waals surface area contributed by atoms with Crippen molar-refractivity contribution in [3.63, 3.8) is 0 Å². The van der Waals surface area contributed by atoms with Crippen molar-refractivity contribution in [2.45, 2.75) is 50.5 Å². The van der Waals surface area contributed by atoms with E-state index in [1.165, 1.54) is 6.07 Å². The molecular formula is C24H27FN6O3. The van der Waals surface area contributed by atoms with Crippen molar-refractivity contribution in [3.8, 4) is 17.0 Å². The lowest BCUT2D eigenvalue weighted by molar-refractivity contribution is 0.0783. The van der Waals surface area contributed by atoms with Gasteiger partial charge >= 0.3 is 0 Å². The van der Waals surface area contributed by atoms with Crippen LogP contribution in [0.5, 0.6) is 5.75 Å². The summed E-state index contributed by atoms with van der Waals surface area (Å²) in [6, 6.07) is 8.46. The summed E-state index contributed by atoms with van der Waals surface area (Å²) in [4.78, 5) is 4.26. The van der Waals surface area contributed by atoms with E-state index in [0.29, 0.717) is 11.6 Å². The number of nitrogens with zero attached hydrogens (tertiary/aromatic N) is 5. The molecule has 9 nitrogen and oxygen atoms in total. The molecule has 0 saturated heterocycles. The molecule has 0 aliphatic heterocycles. The number of pyridine rings is 1. The van der Waals surface area contributed by atoms with Gasteiger partial charge < -0.3 is 20.7 Å². The number of aromatic nitrogens is 5. The largest absolute Gasteiger partial charge is 0.487 e. The highest BCUT2D eigenvalue weighted by Crippen LogP contribution is 2.36. The van der Waals surface area contributed by atoms with Crippen LogP contribution in [0.4, 0.5) is 10.2 Å². The lowest BCUT2D eigenvalue weighted by Gasteiger charge is -2.29. The van der Waals surface area contributed by atoms with Crippen LogP contribution in [0, 0.1) is 5.82 Å². The maximum atomic E-state index is 14.0. The molecule has 1 aliphatic carbocycles. The standard InChI is InChI=1S/C24H27FN6O3/c25-20-3-1-2-4-22(20)34-18-7-5-16(6-8-18)31-21-9-23(26)27-11-19(21)24(29-31)15-10-28-30(12-15)13-17(33)14-32/h1-4,9-12,16-18,32-33H,5-8,13-14H2,(H2,26,27). The zero-order valence-electron chi connectivity index (χ0n) is 18.6. The summed E-state index contributed by atoms with van der Waals surface area (Å²) in [5.41, 5.74) is 8.41. The number of anilines is 1. The molecule has 3 aromatic heterocycles. The highest BCUT2D eigenvalue weighted by atomic mass is 19.1. The quantitative estimate of drug-likeness (QED) is 0.382. The topological polar surface area (TPSA) is 124 Å². The normalized spacial score (nSPS) is 19.4. The van der Waals surface area contributed by atoms with E-state index in [1.807, 2.05) is 10.7 Å². The van der Waals surface area contributed by atoms with Gasteiger partial charge in [-0.25, -0.2) is 9.37 Å². The Bertz CT molecular complexity index is 1280. The highest BCUT2D eigenvalue weighted by Gasteiger charge is 2.27. The number of halogens is 1. The number of rotatable bonds is 7. The van der Waals surface area contributed by atoms with E-state index in [9.17, 15) is 9.50 Å². The van der Waals surface area contributed by atoms with Crippen LogP contribution in [-0.4, -0.2) is 53.6 Å². The number of aliphatic hydroxyl groups is 2. The molecule has 5 rings (SSSR count). The number of ether oxygens (including phenoxy) is 1. The minimum absolute atomic E-state index is 0.0441. The Morgan fingerprint density at radius 3 is 2.74 bits per heavy atom. The lowest BCUT2D eigenvalue weighted by atomic mass is 9.93. The second-order valence-corrected chi connectivity index (χ2v) is 8.69. The van der Waals surface area contributed by atoms with Gasteiger partial charge in [0.05, 0.1) is 43.1 Å². The third-order valence-corrected chi connectivity index (χ3v) is 6.25. The van der Waals surface area contributed by atoms with Gasteiger partial charge in [-0.2, -0.15) is 10.2 Å². The average molecular weight is 467 g/mol. The Balaban J connectivity index is 1.38. The van der Waals surface area contributed by atoms with E-state index in [-0.39, 0.29) is 31.1 Å². The van der Waals surface area contributed by atoms with Crippen molar-refractivity contribution in [2.24, 2.45) is 0 Å². The van der Waals surface area contributed by atoms with Gasteiger partial charge in [0.15, 0.2) is 11.6 Å². The Hall–Kier alpha value is -3.50. The fourth-order valence-corrected chi connectivity index (χ4v) is 4.53. The number of nitrogens with two attached hydrogens (primary N) is 1. The predicted molar refractivity (Wildman–Crippen MR) is 125 cm³/mol. The van der Waals surface area contributed by atoms with Crippen molar-refractivity contribution < 1.29 is 19.3 Å². The number of benzene rings is 1. The van der Waals surface area contributed by atoms with Gasteiger partial charge in [-0.3, -0.25) is 9.36 Å². The van der Waals surface area contributed by atoms with E-state index in [0.717, 1.165) is 47.8 Å². The number of fused-ring (bicyclic) bond motifs is 1. The molecule has 1 atom stereocenters. The molecule has 0 spiro atoms. The molecule has 1 aliphatic rings. The molecule has 0 radical (unpaired) electrons. The Kier molecular flexibility index (Phi) is 6.16. The minimum Gasteiger partial charge on any atom is -0.487 e. The first-order valence-corrected chi connectivity index (χ1v) is 11.4. The van der Waals surface area contributed by atoms with Crippen molar-refractivity contribution in [3.05, 3.63) is 54.7 Å². The molecule has 1 fully saturated rings. The smallest absolute Gasteiger partial charge is 0.165 e. The highest BCUT2D eigenvalue weighted by molar-refractivity contribution is 5.93. The maximum absolute atomic E-state index is 14.0. The SMILES string of the molecule is Nc1cc2c(cn1)c(-c1cnn(CC(O)CO)c1)nn2C1CCC(Oc2ccccc2F)CC1. The molecule has 0 bridgehead atoms. The van der Waals surface area contributed by atoms with Crippen LogP contribution in [0.2, 0.25) is 0 Å². The zero-order valence-corrected chi connectivity index (χ0v) is 18.6. The molecule has 3 heterocycles. The number of para-hydroxylation sites is 1. The summed E-state index contributed by atoms with van der Waals surface area (Å²) >= 11 is 0. The van der Waals surface area contributed by atoms with Gasteiger partial charge in [-0.1, -0.05) is 12.1 Å². The molecule has 1 saturated carbocycles. The van der Waals surface area contributed by atoms with Crippen LogP contribution in [0.1, 0.15) is 31.7 Å². The second-order valence-electron chi connectivity index (χ2n) is 8.69. The van der Waals surface area contributed by atoms with Crippen LogP contribution in [-0.2, 0) is 6.54 Å². The van der Waals surface area contributed by atoms with Crippen LogP contribution in [0.25, 0.3) is 22.2 Å². The van der Waals surface area contributed by atoms with Crippen molar-refractivity contribution in [2.75, 3.05) is 12.3 Å². The maximum Gasteiger partial charge on any atom is 0.165 e. The second kappa shape index (κ2) is 9.40. The molecule has 4 N–H and O–H groups in total. The van der Waals surface area contributed by atoms with Gasteiger partial charge in [0.2, 0.25) is 0 Å². The van der Waals surface area contributed by atoms with Crippen LogP contribution in [0.3, 0.4) is 0 Å². The summed E-state index contributed by atoms with van der Waals surface area (Å²) in [7, 11) is 0. The Morgan fingerprint density at radius 1 is 1.18 bits per heavy atom. The summed E-state index contributed by atoms with van der Waals surface area (Å²) in [6.45, 7) is -0.147. The van der Waals surface area contributed by atoms with E-state index in [4.69, 9.17) is 20.7 Å². The third kappa shape index (κ3) is 4.46. The summed E-state index contributed by atoms with van der Waals surface area (Å²) in [6.07, 6.45) is 7.50. The Labute approximate surface area is 195 Å². The third-order valence-electron chi connectivity index (χ3n) is 6.25. The van der Waals surface area contributed by atoms with Crippen LogP contribution in [0.15, 0.2) is 48.9 Å². The van der Waals surface area contributed by atoms with Gasteiger partial charge in [-0.05, 0) is 37.8 Å². The van der Waals surface area contributed by atoms with Crippen molar-refractivity contribution >= 4 is 16.7 Å². The molecule has 178 valence electrons. The van der Waals surface area contributed by atoms with Gasteiger partial charge in [-0.15, -0.1) is 0 Å².